The topological polar surface area (TPSA) is 72.7 Å². The predicted molar refractivity (Wildman–Crippen MR) is 58.1 cm³/mol. The minimum Gasteiger partial charge on any atom is -0.330 e. The second-order valence-electron chi connectivity index (χ2n) is 3.64. The van der Waals surface area contributed by atoms with Crippen molar-refractivity contribution >= 4 is 11.0 Å². The Morgan fingerprint density at radius 2 is 1.75 bits per heavy atom. The highest BCUT2D eigenvalue weighted by Gasteiger charge is 2.14. The van der Waals surface area contributed by atoms with Gasteiger partial charge >= 0.3 is 5.69 Å². The Balaban J connectivity index is 3.21. The molecule has 2 aromatic heterocycles. The lowest BCUT2D eigenvalue weighted by molar-refractivity contribution is 0.708. The molecule has 0 bridgehead atoms. The van der Waals surface area contributed by atoms with Gasteiger partial charge in [0.25, 0.3) is 5.56 Å². The van der Waals surface area contributed by atoms with Crippen LogP contribution in [0.4, 0.5) is 0 Å². The molecule has 0 aliphatic carbocycles. The molecule has 0 saturated heterocycles. The van der Waals surface area contributed by atoms with Crippen LogP contribution in [0.25, 0.3) is 11.0 Å². The predicted octanol–water partition coefficient (Wildman–Crippen LogP) is -0.553. The van der Waals surface area contributed by atoms with Crippen molar-refractivity contribution in [1.82, 2.24) is 13.7 Å². The number of aromatic nitrogens is 3. The van der Waals surface area contributed by atoms with Crippen molar-refractivity contribution in [3.05, 3.63) is 32.6 Å². The zero-order valence-electron chi connectivity index (χ0n) is 9.18. The first-order chi connectivity index (χ1) is 7.49. The molecule has 0 saturated carbocycles. The van der Waals surface area contributed by atoms with Gasteiger partial charge < -0.3 is 4.57 Å². The molecule has 0 atom stereocenters. The second-order valence-corrected chi connectivity index (χ2v) is 3.64. The summed E-state index contributed by atoms with van der Waals surface area (Å²) in [6, 6.07) is 3.52. The third-order valence-electron chi connectivity index (χ3n) is 2.77. The largest absolute Gasteiger partial charge is 0.331 e. The highest BCUT2D eigenvalue weighted by molar-refractivity contribution is 5.77. The van der Waals surface area contributed by atoms with Crippen LogP contribution in [0.5, 0.6) is 0 Å². The number of hydrogen-bond acceptors (Lipinski definition) is 3. The van der Waals surface area contributed by atoms with Gasteiger partial charge in [-0.25, -0.2) is 4.79 Å². The van der Waals surface area contributed by atoms with E-state index in [1.54, 1.807) is 14.1 Å². The molecule has 2 heterocycles. The van der Waals surface area contributed by atoms with E-state index >= 15 is 0 Å². The quantitative estimate of drug-likeness (QED) is 0.595. The minimum atomic E-state index is -0.396. The van der Waals surface area contributed by atoms with Gasteiger partial charge in [0.2, 0.25) is 0 Å². The van der Waals surface area contributed by atoms with Crippen LogP contribution in [0.3, 0.4) is 0 Å². The fourth-order valence-corrected chi connectivity index (χ4v) is 1.78. The van der Waals surface area contributed by atoms with Crippen molar-refractivity contribution < 1.29 is 0 Å². The third kappa shape index (κ3) is 1.05. The van der Waals surface area contributed by atoms with E-state index in [2.05, 4.69) is 0 Å². The Bertz CT molecular complexity index is 739. The van der Waals surface area contributed by atoms with Crippen LogP contribution in [0.15, 0.2) is 15.7 Å². The van der Waals surface area contributed by atoms with Crippen LogP contribution in [0.1, 0.15) is 5.69 Å². The molecule has 0 aliphatic heterocycles. The number of fused-ring (bicyclic) bond motifs is 1. The molecule has 2 rings (SSSR count). The van der Waals surface area contributed by atoms with Crippen LogP contribution in [0.2, 0.25) is 0 Å². The average Bonchev–Trinajstić information content (AvgIpc) is 2.61. The van der Waals surface area contributed by atoms with Gasteiger partial charge in [-0.15, -0.1) is 0 Å². The van der Waals surface area contributed by atoms with E-state index in [-0.39, 0.29) is 5.56 Å². The van der Waals surface area contributed by atoms with Gasteiger partial charge in [0.1, 0.15) is 17.3 Å². The molecule has 0 unspecified atom stereocenters. The van der Waals surface area contributed by atoms with E-state index in [0.29, 0.717) is 16.7 Å². The van der Waals surface area contributed by atoms with Crippen molar-refractivity contribution in [2.24, 2.45) is 21.1 Å². The van der Waals surface area contributed by atoms with Crippen molar-refractivity contribution in [2.45, 2.75) is 0 Å². The van der Waals surface area contributed by atoms with Gasteiger partial charge in [0, 0.05) is 21.1 Å². The van der Waals surface area contributed by atoms with Crippen molar-refractivity contribution in [1.29, 1.82) is 5.26 Å². The summed E-state index contributed by atoms with van der Waals surface area (Å²) in [5.74, 6) is 0. The van der Waals surface area contributed by atoms with Gasteiger partial charge in [-0.3, -0.25) is 13.9 Å². The monoisotopic (exact) mass is 218 g/mol. The molecule has 0 amide bonds. The highest BCUT2D eigenvalue weighted by atomic mass is 16.2. The normalized spacial score (nSPS) is 10.6. The summed E-state index contributed by atoms with van der Waals surface area (Å²) < 4.78 is 3.89. The maximum Gasteiger partial charge on any atom is 0.331 e. The molecule has 82 valence electrons. The fraction of sp³-hybridized carbons (Fsp3) is 0.300. The summed E-state index contributed by atoms with van der Waals surface area (Å²) >= 11 is 0. The number of nitrogens with zero attached hydrogens (tertiary/aromatic N) is 4. The van der Waals surface area contributed by atoms with Gasteiger partial charge in [0.05, 0.1) is 5.52 Å². The van der Waals surface area contributed by atoms with E-state index in [1.165, 1.54) is 22.2 Å². The van der Waals surface area contributed by atoms with Crippen LogP contribution < -0.4 is 11.2 Å². The third-order valence-corrected chi connectivity index (χ3v) is 2.77. The zero-order valence-corrected chi connectivity index (χ0v) is 9.18. The first-order valence-electron chi connectivity index (χ1n) is 4.64. The number of hydrogen-bond donors (Lipinski definition) is 0. The van der Waals surface area contributed by atoms with E-state index in [1.807, 2.05) is 6.07 Å². The lowest BCUT2D eigenvalue weighted by Gasteiger charge is -2.04. The molecule has 0 fully saturated rings. The summed E-state index contributed by atoms with van der Waals surface area (Å²) in [5.41, 5.74) is 0.413. The van der Waals surface area contributed by atoms with E-state index in [9.17, 15) is 9.59 Å². The number of rotatable bonds is 0. The Kier molecular flexibility index (Phi) is 1.98. The van der Waals surface area contributed by atoms with Gasteiger partial charge in [-0.1, -0.05) is 0 Å². The lowest BCUT2D eigenvalue weighted by Crippen LogP contribution is -2.37. The molecule has 0 aromatic carbocycles. The second kappa shape index (κ2) is 3.10. The Labute approximate surface area is 90.6 Å². The smallest absolute Gasteiger partial charge is 0.330 e. The summed E-state index contributed by atoms with van der Waals surface area (Å²) in [4.78, 5) is 23.5. The van der Waals surface area contributed by atoms with E-state index < -0.39 is 5.69 Å². The van der Waals surface area contributed by atoms with Crippen LogP contribution in [-0.2, 0) is 21.1 Å². The molecule has 2 aromatic rings. The maximum atomic E-state index is 11.9. The molecule has 16 heavy (non-hydrogen) atoms. The first kappa shape index (κ1) is 10.2. The van der Waals surface area contributed by atoms with Gasteiger partial charge in [-0.2, -0.15) is 5.26 Å². The Morgan fingerprint density at radius 3 is 2.31 bits per heavy atom. The number of nitriles is 1. The number of aryl methyl sites for hydroxylation is 2. The average molecular weight is 218 g/mol. The zero-order chi connectivity index (χ0) is 12.0. The van der Waals surface area contributed by atoms with Crippen LogP contribution >= 0.6 is 0 Å². The fourth-order valence-electron chi connectivity index (χ4n) is 1.78. The van der Waals surface area contributed by atoms with Gasteiger partial charge in [0.15, 0.2) is 0 Å². The summed E-state index contributed by atoms with van der Waals surface area (Å²) in [6.07, 6.45) is 0. The van der Waals surface area contributed by atoms with Crippen molar-refractivity contribution in [3.8, 4) is 6.07 Å². The lowest BCUT2D eigenvalue weighted by atomic mass is 10.4. The SMILES string of the molecule is Cn1c(=O)c2c(cc(C#N)n2C)n(C)c1=O. The summed E-state index contributed by atoms with van der Waals surface area (Å²) in [6.45, 7) is 0. The molecule has 0 aliphatic rings. The summed E-state index contributed by atoms with van der Waals surface area (Å²) in [7, 11) is 4.63. The van der Waals surface area contributed by atoms with Crippen LogP contribution in [0, 0.1) is 11.3 Å². The van der Waals surface area contributed by atoms with Crippen molar-refractivity contribution in [3.63, 3.8) is 0 Å². The van der Waals surface area contributed by atoms with Crippen molar-refractivity contribution in [2.75, 3.05) is 0 Å². The van der Waals surface area contributed by atoms with E-state index in [0.717, 1.165) is 4.57 Å². The van der Waals surface area contributed by atoms with Gasteiger partial charge in [-0.05, 0) is 6.07 Å². The Hall–Kier alpha value is -2.29. The maximum absolute atomic E-state index is 11.9. The standard InChI is InChI=1S/C10H10N4O2/c1-12-6(5-11)4-7-8(12)9(15)14(3)10(16)13(7)2/h4H,1-3H3. The highest BCUT2D eigenvalue weighted by Crippen LogP contribution is 2.12. The van der Waals surface area contributed by atoms with E-state index in [4.69, 9.17) is 5.26 Å². The minimum absolute atomic E-state index is 0.355. The molecule has 0 N–H and O–H groups in total. The van der Waals surface area contributed by atoms with Crippen LogP contribution in [-0.4, -0.2) is 13.7 Å². The molecular formula is C10H10N4O2. The molecule has 6 heteroatoms. The molecule has 0 radical (unpaired) electrons. The summed E-state index contributed by atoms with van der Waals surface area (Å²) in [5, 5.41) is 8.87. The molecule has 6 nitrogen and oxygen atoms in total. The molecular weight excluding hydrogens is 208 g/mol. The molecule has 0 spiro atoms. The Morgan fingerprint density at radius 1 is 1.12 bits per heavy atom. The first-order valence-corrected chi connectivity index (χ1v) is 4.64.